The number of rotatable bonds is 2. The lowest BCUT2D eigenvalue weighted by Crippen LogP contribution is -2.27. The van der Waals surface area contributed by atoms with Gasteiger partial charge in [0.2, 0.25) is 13.7 Å². The van der Waals surface area contributed by atoms with E-state index in [1.165, 1.54) is 0 Å². The molecule has 20 heavy (non-hydrogen) atoms. The molecule has 3 rings (SSSR count). The van der Waals surface area contributed by atoms with Crippen molar-refractivity contribution in [3.63, 3.8) is 0 Å². The maximum absolute atomic E-state index is 11.4. The van der Waals surface area contributed by atoms with Gasteiger partial charge in [-0.05, 0) is 22.4 Å². The van der Waals surface area contributed by atoms with Crippen LogP contribution in [-0.4, -0.2) is 53.4 Å². The van der Waals surface area contributed by atoms with Crippen LogP contribution < -0.4 is 4.74 Å². The first-order valence-electron chi connectivity index (χ1n) is 6.44. The van der Waals surface area contributed by atoms with Crippen LogP contribution in [0.1, 0.15) is 18.0 Å². The molecule has 1 fully saturated rings. The SMILES string of the molecule is BC(=O)N1CCC(c2cc(OC)n3ncc(Br)c3n2)C1. The first kappa shape index (κ1) is 13.4. The Hall–Kier alpha value is -1.57. The first-order valence-corrected chi connectivity index (χ1v) is 7.23. The van der Waals surface area contributed by atoms with Crippen molar-refractivity contribution in [3.05, 3.63) is 22.4 Å². The van der Waals surface area contributed by atoms with Gasteiger partial charge in [-0.3, -0.25) is 4.79 Å². The number of carbonyl (C=O) groups is 1. The zero-order valence-electron chi connectivity index (χ0n) is 11.3. The Kier molecular flexibility index (Phi) is 3.41. The van der Waals surface area contributed by atoms with Crippen molar-refractivity contribution in [2.45, 2.75) is 12.3 Å². The quantitative estimate of drug-likeness (QED) is 0.769. The van der Waals surface area contributed by atoms with E-state index < -0.39 is 0 Å². The van der Waals surface area contributed by atoms with Crippen molar-refractivity contribution in [3.8, 4) is 5.88 Å². The lowest BCUT2D eigenvalue weighted by Gasteiger charge is -2.15. The highest BCUT2D eigenvalue weighted by Crippen LogP contribution is 2.30. The summed E-state index contributed by atoms with van der Waals surface area (Å²) in [4.78, 5) is 17.9. The molecular formula is C12H14BBrN4O2. The monoisotopic (exact) mass is 336 g/mol. The summed E-state index contributed by atoms with van der Waals surface area (Å²) in [5.74, 6) is 1.02. The molecule has 1 aliphatic heterocycles. The Morgan fingerprint density at radius 1 is 1.60 bits per heavy atom. The maximum atomic E-state index is 11.4. The van der Waals surface area contributed by atoms with Crippen LogP contribution in [0.25, 0.3) is 5.65 Å². The molecule has 0 bridgehead atoms. The van der Waals surface area contributed by atoms with Crippen molar-refractivity contribution < 1.29 is 9.53 Å². The number of nitrogens with zero attached hydrogens (tertiary/aromatic N) is 4. The van der Waals surface area contributed by atoms with E-state index in [1.54, 1.807) is 25.7 Å². The van der Waals surface area contributed by atoms with Gasteiger partial charge in [-0.25, -0.2) is 4.98 Å². The molecule has 2 aromatic rings. The summed E-state index contributed by atoms with van der Waals surface area (Å²) in [6.45, 7) is 1.50. The Morgan fingerprint density at radius 3 is 3.05 bits per heavy atom. The summed E-state index contributed by atoms with van der Waals surface area (Å²) in [5.41, 5.74) is 1.68. The fourth-order valence-corrected chi connectivity index (χ4v) is 2.92. The van der Waals surface area contributed by atoms with Crippen LogP contribution in [0.5, 0.6) is 5.88 Å². The fraction of sp³-hybridized carbons (Fsp3) is 0.417. The summed E-state index contributed by atoms with van der Waals surface area (Å²) in [6, 6.07) is 1.90. The summed E-state index contributed by atoms with van der Waals surface area (Å²) in [5, 5.41) is 4.22. The molecule has 1 saturated heterocycles. The highest BCUT2D eigenvalue weighted by atomic mass is 79.9. The number of amides is 1. The number of methoxy groups -OCH3 is 1. The molecule has 8 heteroatoms. The average Bonchev–Trinajstić information content (AvgIpc) is 3.05. The molecule has 0 spiro atoms. The number of carbonyl (C=O) groups excluding carboxylic acids is 1. The van der Waals surface area contributed by atoms with Crippen molar-refractivity contribution in [1.29, 1.82) is 0 Å². The van der Waals surface area contributed by atoms with E-state index in [-0.39, 0.29) is 11.7 Å². The van der Waals surface area contributed by atoms with E-state index in [0.29, 0.717) is 12.4 Å². The number of likely N-dealkylation sites (tertiary alicyclic amines) is 1. The van der Waals surface area contributed by atoms with Gasteiger partial charge in [0.05, 0.1) is 23.5 Å². The number of halogens is 1. The Morgan fingerprint density at radius 2 is 2.40 bits per heavy atom. The lowest BCUT2D eigenvalue weighted by molar-refractivity contribution is 0.231. The molecule has 6 nitrogen and oxygen atoms in total. The molecule has 0 N–H and O–H groups in total. The minimum absolute atomic E-state index is 0.117. The van der Waals surface area contributed by atoms with Gasteiger partial charge in [-0.1, -0.05) is 0 Å². The second-order valence-electron chi connectivity index (χ2n) is 4.90. The van der Waals surface area contributed by atoms with Crippen LogP contribution >= 0.6 is 15.9 Å². The van der Waals surface area contributed by atoms with Gasteiger partial charge >= 0.3 is 0 Å². The summed E-state index contributed by atoms with van der Waals surface area (Å²) in [7, 11) is 3.22. The topological polar surface area (TPSA) is 59.7 Å². The largest absolute Gasteiger partial charge is 0.481 e. The van der Waals surface area contributed by atoms with Crippen molar-refractivity contribution >= 4 is 35.2 Å². The molecule has 3 heterocycles. The molecule has 1 unspecified atom stereocenters. The first-order chi connectivity index (χ1) is 9.60. The van der Waals surface area contributed by atoms with Crippen molar-refractivity contribution in [2.75, 3.05) is 20.2 Å². The van der Waals surface area contributed by atoms with E-state index in [4.69, 9.17) is 4.74 Å². The van der Waals surface area contributed by atoms with Gasteiger partial charge < -0.3 is 9.64 Å². The third kappa shape index (κ3) is 2.17. The van der Waals surface area contributed by atoms with Gasteiger partial charge in [0.1, 0.15) is 0 Å². The number of aromatic nitrogens is 3. The van der Waals surface area contributed by atoms with Crippen LogP contribution in [0.3, 0.4) is 0 Å². The molecule has 1 atom stereocenters. The number of hydrogen-bond acceptors (Lipinski definition) is 4. The molecule has 104 valence electrons. The fourth-order valence-electron chi connectivity index (χ4n) is 2.57. The van der Waals surface area contributed by atoms with Gasteiger partial charge in [-0.15, -0.1) is 0 Å². The number of hydrogen-bond donors (Lipinski definition) is 0. The summed E-state index contributed by atoms with van der Waals surface area (Å²) in [6.07, 6.45) is 2.63. The zero-order chi connectivity index (χ0) is 14.3. The van der Waals surface area contributed by atoms with Crippen LogP contribution in [-0.2, 0) is 0 Å². The van der Waals surface area contributed by atoms with Crippen molar-refractivity contribution in [2.24, 2.45) is 0 Å². The van der Waals surface area contributed by atoms with Gasteiger partial charge in [-0.2, -0.15) is 9.61 Å². The molecule has 1 amide bonds. The maximum Gasteiger partial charge on any atom is 0.218 e. The Labute approximate surface area is 125 Å². The minimum atomic E-state index is 0.117. The highest BCUT2D eigenvalue weighted by Gasteiger charge is 2.27. The van der Waals surface area contributed by atoms with E-state index in [2.05, 4.69) is 26.0 Å². The Balaban J connectivity index is 2.00. The Bertz CT molecular complexity index is 675. The number of ether oxygens (including phenoxy) is 1. The van der Waals surface area contributed by atoms with Crippen molar-refractivity contribution in [1.82, 2.24) is 19.5 Å². The van der Waals surface area contributed by atoms with Gasteiger partial charge in [0.15, 0.2) is 11.5 Å². The standard InChI is InChI=1S/C12H14BBrN4O2/c1-20-10-4-9(7-2-3-17(6-7)12(13)19)16-11-8(14)5-15-18(10)11/h4-5,7H,2-3,6,13H2,1H3. The molecule has 0 saturated carbocycles. The summed E-state index contributed by atoms with van der Waals surface area (Å²) < 4.78 is 7.86. The molecule has 0 radical (unpaired) electrons. The highest BCUT2D eigenvalue weighted by molar-refractivity contribution is 9.10. The van der Waals surface area contributed by atoms with Gasteiger partial charge in [0, 0.05) is 25.1 Å². The molecule has 0 aliphatic carbocycles. The summed E-state index contributed by atoms with van der Waals surface area (Å²) >= 11 is 3.44. The number of fused-ring (bicyclic) bond motifs is 1. The van der Waals surface area contributed by atoms with Crippen LogP contribution in [0.4, 0.5) is 4.79 Å². The molecule has 1 aliphatic rings. The smallest absolute Gasteiger partial charge is 0.218 e. The van der Waals surface area contributed by atoms with E-state index in [1.807, 2.05) is 11.0 Å². The van der Waals surface area contributed by atoms with E-state index in [9.17, 15) is 4.79 Å². The normalized spacial score (nSPS) is 18.7. The third-order valence-electron chi connectivity index (χ3n) is 3.68. The lowest BCUT2D eigenvalue weighted by atomic mass is 10.0. The predicted octanol–water partition coefficient (Wildman–Crippen LogP) is 1.04. The second-order valence-corrected chi connectivity index (χ2v) is 5.76. The van der Waals surface area contributed by atoms with Gasteiger partial charge in [0.25, 0.3) is 0 Å². The minimum Gasteiger partial charge on any atom is -0.481 e. The molecular weight excluding hydrogens is 323 g/mol. The molecule has 0 aromatic carbocycles. The van der Waals surface area contributed by atoms with Crippen LogP contribution in [0, 0.1) is 0 Å². The average molecular weight is 337 g/mol. The molecule has 2 aromatic heterocycles. The predicted molar refractivity (Wildman–Crippen MR) is 80.1 cm³/mol. The van der Waals surface area contributed by atoms with E-state index >= 15 is 0 Å². The zero-order valence-corrected chi connectivity index (χ0v) is 12.9. The van der Waals surface area contributed by atoms with Crippen LogP contribution in [0.2, 0.25) is 0 Å². The third-order valence-corrected chi connectivity index (χ3v) is 4.24. The van der Waals surface area contributed by atoms with Crippen LogP contribution in [0.15, 0.2) is 16.7 Å². The van der Waals surface area contributed by atoms with E-state index in [0.717, 1.165) is 28.8 Å². The second kappa shape index (κ2) is 5.08.